The van der Waals surface area contributed by atoms with Crippen molar-refractivity contribution >= 4 is 28.5 Å². The molecule has 0 unspecified atom stereocenters. The van der Waals surface area contributed by atoms with Crippen LogP contribution < -0.4 is 4.90 Å². The van der Waals surface area contributed by atoms with Crippen LogP contribution in [0.5, 0.6) is 0 Å². The Morgan fingerprint density at radius 2 is 1.71 bits per heavy atom. The van der Waals surface area contributed by atoms with E-state index in [4.69, 9.17) is 0 Å². The summed E-state index contributed by atoms with van der Waals surface area (Å²) in [7, 11) is 0. The van der Waals surface area contributed by atoms with E-state index in [0.717, 1.165) is 11.1 Å². The Balaban J connectivity index is 1.30. The summed E-state index contributed by atoms with van der Waals surface area (Å²) < 4.78 is 13.1. The first-order valence-corrected chi connectivity index (χ1v) is 11.7. The van der Waals surface area contributed by atoms with Crippen LogP contribution in [-0.2, 0) is 11.2 Å². The molecule has 1 aliphatic rings. The summed E-state index contributed by atoms with van der Waals surface area (Å²) >= 11 is 0. The standard InChI is InChI=1S/C27H26FN5O2/c1-18-4-2-3-5-21(18)25(35)22-16-29-26-24(22)27(31-17-30-26)33-14-12-32(13-15-33)23(34)11-8-19-6-9-20(28)10-7-19/h2-7,9-10,16-17H,8,11-15H2,1H3,(H,29,30,31). The number of H-pyrrole nitrogens is 1. The summed E-state index contributed by atoms with van der Waals surface area (Å²) in [5.74, 6) is 0.437. The fraction of sp³-hybridized carbons (Fsp3) is 0.259. The number of aromatic amines is 1. The summed E-state index contributed by atoms with van der Waals surface area (Å²) in [4.78, 5) is 42.0. The number of piperazine rings is 1. The Bertz CT molecular complexity index is 1370. The van der Waals surface area contributed by atoms with E-state index < -0.39 is 0 Å². The van der Waals surface area contributed by atoms with Crippen molar-refractivity contribution in [2.75, 3.05) is 31.1 Å². The number of halogens is 1. The van der Waals surface area contributed by atoms with Crippen LogP contribution in [0.4, 0.5) is 10.2 Å². The number of rotatable bonds is 6. The minimum absolute atomic E-state index is 0.0694. The van der Waals surface area contributed by atoms with Gasteiger partial charge < -0.3 is 14.8 Å². The summed E-state index contributed by atoms with van der Waals surface area (Å²) in [6.45, 7) is 4.28. The fourth-order valence-electron chi connectivity index (χ4n) is 4.57. The molecule has 1 saturated heterocycles. The van der Waals surface area contributed by atoms with Crippen LogP contribution in [0.15, 0.2) is 61.1 Å². The Morgan fingerprint density at radius 1 is 0.971 bits per heavy atom. The number of nitrogens with one attached hydrogen (secondary N) is 1. The van der Waals surface area contributed by atoms with E-state index in [0.29, 0.717) is 67.0 Å². The van der Waals surface area contributed by atoms with Gasteiger partial charge in [-0.25, -0.2) is 14.4 Å². The Kier molecular flexibility index (Phi) is 6.27. The van der Waals surface area contributed by atoms with Gasteiger partial charge in [-0.1, -0.05) is 36.4 Å². The molecule has 0 radical (unpaired) electrons. The molecule has 1 aliphatic heterocycles. The van der Waals surface area contributed by atoms with Gasteiger partial charge in [0.1, 0.15) is 23.6 Å². The molecule has 0 atom stereocenters. The fourth-order valence-corrected chi connectivity index (χ4v) is 4.57. The van der Waals surface area contributed by atoms with Gasteiger partial charge in [0.2, 0.25) is 5.91 Å². The lowest BCUT2D eigenvalue weighted by Gasteiger charge is -2.35. The monoisotopic (exact) mass is 471 g/mol. The van der Waals surface area contributed by atoms with Gasteiger partial charge in [-0.15, -0.1) is 0 Å². The molecule has 1 N–H and O–H groups in total. The molecule has 0 bridgehead atoms. The van der Waals surface area contributed by atoms with Gasteiger partial charge >= 0.3 is 0 Å². The molecule has 7 nitrogen and oxygen atoms in total. The van der Waals surface area contributed by atoms with E-state index in [2.05, 4.69) is 19.9 Å². The van der Waals surface area contributed by atoms with Crippen molar-refractivity contribution in [1.29, 1.82) is 0 Å². The van der Waals surface area contributed by atoms with E-state index in [1.54, 1.807) is 18.3 Å². The van der Waals surface area contributed by atoms with E-state index in [9.17, 15) is 14.0 Å². The number of nitrogens with zero attached hydrogens (tertiary/aromatic N) is 4. The molecule has 0 spiro atoms. The van der Waals surface area contributed by atoms with E-state index >= 15 is 0 Å². The van der Waals surface area contributed by atoms with Gasteiger partial charge in [-0.3, -0.25) is 9.59 Å². The second kappa shape index (κ2) is 9.66. The third-order valence-corrected chi connectivity index (χ3v) is 6.56. The topological polar surface area (TPSA) is 82.2 Å². The molecule has 1 amide bonds. The maximum absolute atomic E-state index is 13.4. The van der Waals surface area contributed by atoms with Gasteiger partial charge in [0.15, 0.2) is 5.78 Å². The number of aromatic nitrogens is 3. The van der Waals surface area contributed by atoms with Crippen molar-refractivity contribution < 1.29 is 14.0 Å². The van der Waals surface area contributed by atoms with E-state index in [-0.39, 0.29) is 17.5 Å². The van der Waals surface area contributed by atoms with Crippen molar-refractivity contribution in [2.24, 2.45) is 0 Å². The SMILES string of the molecule is Cc1ccccc1C(=O)c1c[nH]c2ncnc(N3CCN(C(=O)CCc4ccc(F)cc4)CC3)c12. The smallest absolute Gasteiger partial charge is 0.223 e. The number of hydrogen-bond acceptors (Lipinski definition) is 5. The maximum Gasteiger partial charge on any atom is 0.223 e. The number of aryl methyl sites for hydroxylation is 2. The lowest BCUT2D eigenvalue weighted by Crippen LogP contribution is -2.49. The minimum Gasteiger partial charge on any atom is -0.352 e. The highest BCUT2D eigenvalue weighted by atomic mass is 19.1. The highest BCUT2D eigenvalue weighted by molar-refractivity contribution is 6.18. The molecular formula is C27H26FN5O2. The third kappa shape index (κ3) is 4.64. The van der Waals surface area contributed by atoms with Crippen molar-refractivity contribution in [1.82, 2.24) is 19.9 Å². The zero-order valence-electron chi connectivity index (χ0n) is 19.5. The first-order valence-electron chi connectivity index (χ1n) is 11.7. The summed E-state index contributed by atoms with van der Waals surface area (Å²) in [6, 6.07) is 13.8. The zero-order valence-corrected chi connectivity index (χ0v) is 19.5. The number of ketones is 1. The van der Waals surface area contributed by atoms with Crippen LogP contribution in [0.3, 0.4) is 0 Å². The van der Waals surface area contributed by atoms with Crippen LogP contribution in [0, 0.1) is 12.7 Å². The predicted octanol–water partition coefficient (Wildman–Crippen LogP) is 3.92. The largest absolute Gasteiger partial charge is 0.352 e. The van der Waals surface area contributed by atoms with Crippen molar-refractivity contribution in [3.05, 3.63) is 89.1 Å². The number of carbonyl (C=O) groups is 2. The second-order valence-corrected chi connectivity index (χ2v) is 8.76. The molecule has 4 aromatic rings. The van der Waals surface area contributed by atoms with Gasteiger partial charge in [0.25, 0.3) is 0 Å². The minimum atomic E-state index is -0.277. The molecule has 3 heterocycles. The Labute approximate surface area is 202 Å². The van der Waals surface area contributed by atoms with Crippen LogP contribution in [-0.4, -0.2) is 57.7 Å². The highest BCUT2D eigenvalue weighted by Crippen LogP contribution is 2.29. The van der Waals surface area contributed by atoms with Gasteiger partial charge in [-0.05, 0) is 36.6 Å². The summed E-state index contributed by atoms with van der Waals surface area (Å²) in [6.07, 6.45) is 4.17. The molecule has 2 aromatic heterocycles. The van der Waals surface area contributed by atoms with E-state index in [1.807, 2.05) is 36.1 Å². The number of amides is 1. The van der Waals surface area contributed by atoms with Crippen LogP contribution in [0.2, 0.25) is 0 Å². The maximum atomic E-state index is 13.4. The Morgan fingerprint density at radius 3 is 2.46 bits per heavy atom. The molecule has 2 aromatic carbocycles. The van der Waals surface area contributed by atoms with Crippen LogP contribution in [0.25, 0.3) is 11.0 Å². The number of benzene rings is 2. The lowest BCUT2D eigenvalue weighted by molar-refractivity contribution is -0.131. The van der Waals surface area contributed by atoms with Crippen molar-refractivity contribution in [3.8, 4) is 0 Å². The quantitative estimate of drug-likeness (QED) is 0.431. The highest BCUT2D eigenvalue weighted by Gasteiger charge is 2.26. The summed E-state index contributed by atoms with van der Waals surface area (Å²) in [5.41, 5.74) is 3.67. The number of fused-ring (bicyclic) bond motifs is 1. The Hall–Kier alpha value is -4.07. The van der Waals surface area contributed by atoms with Gasteiger partial charge in [0, 0.05) is 44.4 Å². The van der Waals surface area contributed by atoms with Crippen molar-refractivity contribution in [2.45, 2.75) is 19.8 Å². The van der Waals surface area contributed by atoms with Gasteiger partial charge in [0.05, 0.1) is 10.9 Å². The molecule has 5 rings (SSSR count). The number of carbonyl (C=O) groups excluding carboxylic acids is 2. The average Bonchev–Trinajstić information content (AvgIpc) is 3.33. The second-order valence-electron chi connectivity index (χ2n) is 8.76. The predicted molar refractivity (Wildman–Crippen MR) is 132 cm³/mol. The lowest BCUT2D eigenvalue weighted by atomic mass is 9.99. The molecule has 0 saturated carbocycles. The first kappa shape index (κ1) is 22.7. The molecule has 8 heteroatoms. The van der Waals surface area contributed by atoms with E-state index in [1.165, 1.54) is 18.5 Å². The molecule has 1 fully saturated rings. The zero-order chi connectivity index (χ0) is 24.4. The first-order chi connectivity index (χ1) is 17.0. The molecule has 35 heavy (non-hydrogen) atoms. The molecular weight excluding hydrogens is 445 g/mol. The molecule has 178 valence electrons. The number of anilines is 1. The average molecular weight is 472 g/mol. The summed E-state index contributed by atoms with van der Waals surface area (Å²) in [5, 5.41) is 0.705. The van der Waals surface area contributed by atoms with Crippen molar-refractivity contribution in [3.63, 3.8) is 0 Å². The third-order valence-electron chi connectivity index (χ3n) is 6.56. The van der Waals surface area contributed by atoms with Gasteiger partial charge in [-0.2, -0.15) is 0 Å². The normalized spacial score (nSPS) is 13.9. The van der Waals surface area contributed by atoms with Crippen LogP contribution >= 0.6 is 0 Å². The van der Waals surface area contributed by atoms with Crippen LogP contribution in [0.1, 0.15) is 33.5 Å². The number of hydrogen-bond donors (Lipinski definition) is 1. The molecule has 0 aliphatic carbocycles.